The maximum atomic E-state index is 12.3. The van der Waals surface area contributed by atoms with Gasteiger partial charge in [-0.2, -0.15) is 0 Å². The smallest absolute Gasteiger partial charge is 0.222 e. The van der Waals surface area contributed by atoms with Gasteiger partial charge >= 0.3 is 0 Å². The summed E-state index contributed by atoms with van der Waals surface area (Å²) in [6.45, 7) is 7.68. The Morgan fingerprint density at radius 3 is 2.50 bits per heavy atom. The molecule has 0 heterocycles. The minimum Gasteiger partial charge on any atom is -0.341 e. The molecule has 3 nitrogen and oxygen atoms in total. The fourth-order valence-electron chi connectivity index (χ4n) is 2.46. The van der Waals surface area contributed by atoms with Crippen LogP contribution in [0.4, 0.5) is 0 Å². The van der Waals surface area contributed by atoms with E-state index in [1.54, 1.807) is 0 Å². The molecule has 0 saturated heterocycles. The number of hydrogen-bond acceptors (Lipinski definition) is 2. The highest BCUT2D eigenvalue weighted by Gasteiger charge is 2.17. The summed E-state index contributed by atoms with van der Waals surface area (Å²) in [5.41, 5.74) is 8.21. The quantitative estimate of drug-likeness (QED) is 0.832. The standard InChI is InChI=1S/C17H28N2O/c1-13(2)9-15(11-18)10-17(20)19(4)12-16-8-6-5-7-14(16)3/h5-8,13,15H,9-12,18H2,1-4H3. The maximum Gasteiger partial charge on any atom is 0.222 e. The zero-order chi connectivity index (χ0) is 15.1. The van der Waals surface area contributed by atoms with E-state index >= 15 is 0 Å². The van der Waals surface area contributed by atoms with Crippen molar-refractivity contribution in [3.8, 4) is 0 Å². The fraction of sp³-hybridized carbons (Fsp3) is 0.588. The van der Waals surface area contributed by atoms with Crippen LogP contribution in [0.15, 0.2) is 24.3 Å². The van der Waals surface area contributed by atoms with Gasteiger partial charge in [0.05, 0.1) is 0 Å². The van der Waals surface area contributed by atoms with Gasteiger partial charge in [0.2, 0.25) is 5.91 Å². The van der Waals surface area contributed by atoms with Crippen LogP contribution in [0.25, 0.3) is 0 Å². The number of benzene rings is 1. The summed E-state index contributed by atoms with van der Waals surface area (Å²) in [5.74, 6) is 1.06. The number of carbonyl (C=O) groups excluding carboxylic acids is 1. The summed E-state index contributed by atoms with van der Waals surface area (Å²) in [4.78, 5) is 14.1. The lowest BCUT2D eigenvalue weighted by Gasteiger charge is -2.22. The molecule has 0 spiro atoms. The van der Waals surface area contributed by atoms with Gasteiger partial charge in [0.1, 0.15) is 0 Å². The van der Waals surface area contributed by atoms with Crippen molar-refractivity contribution in [2.24, 2.45) is 17.6 Å². The molecule has 0 aliphatic rings. The van der Waals surface area contributed by atoms with Crippen LogP contribution in [0.1, 0.15) is 37.8 Å². The lowest BCUT2D eigenvalue weighted by Crippen LogP contribution is -2.30. The molecule has 3 heteroatoms. The van der Waals surface area contributed by atoms with Crippen LogP contribution < -0.4 is 5.73 Å². The molecule has 1 unspecified atom stereocenters. The van der Waals surface area contributed by atoms with E-state index in [1.165, 1.54) is 11.1 Å². The highest BCUT2D eigenvalue weighted by molar-refractivity contribution is 5.76. The van der Waals surface area contributed by atoms with Gasteiger partial charge in [-0.05, 0) is 42.9 Å². The van der Waals surface area contributed by atoms with E-state index in [0.717, 1.165) is 6.42 Å². The van der Waals surface area contributed by atoms with Gasteiger partial charge < -0.3 is 10.6 Å². The summed E-state index contributed by atoms with van der Waals surface area (Å²) in [7, 11) is 1.87. The zero-order valence-corrected chi connectivity index (χ0v) is 13.2. The molecule has 0 fully saturated rings. The van der Waals surface area contributed by atoms with Gasteiger partial charge in [0.25, 0.3) is 0 Å². The van der Waals surface area contributed by atoms with E-state index < -0.39 is 0 Å². The largest absolute Gasteiger partial charge is 0.341 e. The van der Waals surface area contributed by atoms with Crippen LogP contribution in [0.2, 0.25) is 0 Å². The lowest BCUT2D eigenvalue weighted by atomic mass is 9.93. The molecule has 1 aromatic carbocycles. The molecular weight excluding hydrogens is 248 g/mol. The van der Waals surface area contributed by atoms with Gasteiger partial charge in [-0.25, -0.2) is 0 Å². The van der Waals surface area contributed by atoms with Gasteiger partial charge in [-0.1, -0.05) is 38.1 Å². The van der Waals surface area contributed by atoms with E-state index in [-0.39, 0.29) is 5.91 Å². The molecule has 2 N–H and O–H groups in total. The maximum absolute atomic E-state index is 12.3. The Labute approximate surface area is 123 Å². The highest BCUT2D eigenvalue weighted by atomic mass is 16.2. The molecule has 20 heavy (non-hydrogen) atoms. The number of hydrogen-bond donors (Lipinski definition) is 1. The summed E-state index contributed by atoms with van der Waals surface area (Å²) >= 11 is 0. The number of nitrogens with zero attached hydrogens (tertiary/aromatic N) is 1. The van der Waals surface area contributed by atoms with Crippen molar-refractivity contribution in [3.63, 3.8) is 0 Å². The van der Waals surface area contributed by atoms with E-state index in [2.05, 4.69) is 32.9 Å². The van der Waals surface area contributed by atoms with Crippen LogP contribution in [0, 0.1) is 18.8 Å². The summed E-state index contributed by atoms with van der Waals surface area (Å²) in [6.07, 6.45) is 1.57. The normalized spacial score (nSPS) is 12.5. The fourth-order valence-corrected chi connectivity index (χ4v) is 2.46. The third-order valence-electron chi connectivity index (χ3n) is 3.70. The Morgan fingerprint density at radius 2 is 1.95 bits per heavy atom. The van der Waals surface area contributed by atoms with Crippen LogP contribution in [0.5, 0.6) is 0 Å². The van der Waals surface area contributed by atoms with Gasteiger partial charge in [-0.15, -0.1) is 0 Å². The monoisotopic (exact) mass is 276 g/mol. The number of carbonyl (C=O) groups is 1. The SMILES string of the molecule is Cc1ccccc1CN(C)C(=O)CC(CN)CC(C)C. The highest BCUT2D eigenvalue weighted by Crippen LogP contribution is 2.16. The molecule has 0 aromatic heterocycles. The zero-order valence-electron chi connectivity index (χ0n) is 13.2. The molecule has 0 saturated carbocycles. The predicted molar refractivity (Wildman–Crippen MR) is 84.3 cm³/mol. The third-order valence-corrected chi connectivity index (χ3v) is 3.70. The molecule has 1 amide bonds. The minimum atomic E-state index is 0.185. The van der Waals surface area contributed by atoms with E-state index in [9.17, 15) is 4.79 Å². The first-order valence-corrected chi connectivity index (χ1v) is 7.42. The topological polar surface area (TPSA) is 46.3 Å². The Balaban J connectivity index is 2.56. The molecule has 0 aliphatic carbocycles. The molecule has 0 aliphatic heterocycles. The number of aryl methyl sites for hydroxylation is 1. The van der Waals surface area contributed by atoms with Crippen LogP contribution in [-0.2, 0) is 11.3 Å². The summed E-state index contributed by atoms with van der Waals surface area (Å²) in [5, 5.41) is 0. The minimum absolute atomic E-state index is 0.185. The molecular formula is C17H28N2O. The van der Waals surface area contributed by atoms with E-state index in [0.29, 0.717) is 31.3 Å². The predicted octanol–water partition coefficient (Wildman–Crippen LogP) is 2.96. The van der Waals surface area contributed by atoms with Crippen molar-refractivity contribution in [3.05, 3.63) is 35.4 Å². The molecule has 0 radical (unpaired) electrons. The first-order chi connectivity index (χ1) is 9.43. The number of amides is 1. The van der Waals surface area contributed by atoms with Crippen molar-refractivity contribution in [1.82, 2.24) is 4.90 Å². The summed E-state index contributed by atoms with van der Waals surface area (Å²) < 4.78 is 0. The van der Waals surface area contributed by atoms with E-state index in [1.807, 2.05) is 24.1 Å². The molecule has 1 rings (SSSR count). The van der Waals surface area contributed by atoms with Crippen molar-refractivity contribution in [2.75, 3.05) is 13.6 Å². The van der Waals surface area contributed by atoms with Gasteiger partial charge in [0, 0.05) is 20.0 Å². The van der Waals surface area contributed by atoms with Crippen LogP contribution in [-0.4, -0.2) is 24.4 Å². The van der Waals surface area contributed by atoms with Crippen molar-refractivity contribution in [2.45, 2.75) is 40.2 Å². The Bertz CT molecular complexity index is 429. The molecule has 0 bridgehead atoms. The lowest BCUT2D eigenvalue weighted by molar-refractivity contribution is -0.131. The second-order valence-electron chi connectivity index (χ2n) is 6.11. The Hall–Kier alpha value is -1.35. The molecule has 1 atom stereocenters. The van der Waals surface area contributed by atoms with Crippen molar-refractivity contribution < 1.29 is 4.79 Å². The van der Waals surface area contributed by atoms with E-state index in [4.69, 9.17) is 5.73 Å². The Kier molecular flexibility index (Phi) is 6.73. The second-order valence-corrected chi connectivity index (χ2v) is 6.11. The first kappa shape index (κ1) is 16.7. The molecule has 1 aromatic rings. The van der Waals surface area contributed by atoms with Crippen molar-refractivity contribution in [1.29, 1.82) is 0 Å². The van der Waals surface area contributed by atoms with Gasteiger partial charge in [-0.3, -0.25) is 4.79 Å². The Morgan fingerprint density at radius 1 is 1.30 bits per heavy atom. The van der Waals surface area contributed by atoms with Gasteiger partial charge in [0.15, 0.2) is 0 Å². The molecule has 112 valence electrons. The number of nitrogens with two attached hydrogens (primary N) is 1. The van der Waals surface area contributed by atoms with Crippen molar-refractivity contribution >= 4 is 5.91 Å². The summed E-state index contributed by atoms with van der Waals surface area (Å²) in [6, 6.07) is 8.19. The number of rotatable bonds is 7. The second kappa shape index (κ2) is 8.05. The first-order valence-electron chi connectivity index (χ1n) is 7.42. The average molecular weight is 276 g/mol. The average Bonchev–Trinajstić information content (AvgIpc) is 2.39. The third kappa shape index (κ3) is 5.33. The van der Waals surface area contributed by atoms with Crippen LogP contribution in [0.3, 0.4) is 0 Å². The van der Waals surface area contributed by atoms with Crippen LogP contribution >= 0.6 is 0 Å².